The summed E-state index contributed by atoms with van der Waals surface area (Å²) in [5.74, 6) is -1.12. The van der Waals surface area contributed by atoms with Crippen molar-refractivity contribution in [3.8, 4) is 0 Å². The standard InChI is InChI=1S/C16H21F2NO/c1-19-13-3-2-4-14(19)10-16(20,9-13)8-11-5-6-12(17)7-15(11)18/h5-7,13-14,20H,2-4,8-10H2,1H3. The van der Waals surface area contributed by atoms with E-state index in [0.29, 0.717) is 30.5 Å². The Morgan fingerprint density at radius 1 is 1.25 bits per heavy atom. The van der Waals surface area contributed by atoms with Gasteiger partial charge < -0.3 is 10.0 Å². The number of hydrogen-bond acceptors (Lipinski definition) is 2. The van der Waals surface area contributed by atoms with Gasteiger partial charge in [0.1, 0.15) is 11.6 Å². The molecule has 1 N–H and O–H groups in total. The molecule has 2 heterocycles. The molecule has 2 atom stereocenters. The van der Waals surface area contributed by atoms with Crippen LogP contribution in [0, 0.1) is 11.6 Å². The van der Waals surface area contributed by atoms with Gasteiger partial charge in [0, 0.05) is 24.6 Å². The van der Waals surface area contributed by atoms with Crippen molar-refractivity contribution in [2.75, 3.05) is 7.05 Å². The fourth-order valence-electron chi connectivity index (χ4n) is 3.91. The van der Waals surface area contributed by atoms with Crippen molar-refractivity contribution in [3.63, 3.8) is 0 Å². The number of piperidine rings is 2. The van der Waals surface area contributed by atoms with E-state index in [1.165, 1.54) is 18.6 Å². The summed E-state index contributed by atoms with van der Waals surface area (Å²) >= 11 is 0. The highest BCUT2D eigenvalue weighted by Crippen LogP contribution is 2.39. The lowest BCUT2D eigenvalue weighted by Gasteiger charge is -2.50. The average Bonchev–Trinajstić information content (AvgIpc) is 2.35. The lowest BCUT2D eigenvalue weighted by atomic mass is 9.73. The molecule has 2 aliphatic rings. The molecule has 0 radical (unpaired) electrons. The maximum absolute atomic E-state index is 13.8. The predicted molar refractivity (Wildman–Crippen MR) is 73.4 cm³/mol. The number of fused-ring (bicyclic) bond motifs is 2. The molecule has 110 valence electrons. The zero-order valence-corrected chi connectivity index (χ0v) is 11.8. The third-order valence-electron chi connectivity index (χ3n) is 4.99. The van der Waals surface area contributed by atoms with E-state index in [2.05, 4.69) is 11.9 Å². The van der Waals surface area contributed by atoms with Crippen molar-refractivity contribution in [1.29, 1.82) is 0 Å². The quantitative estimate of drug-likeness (QED) is 0.901. The van der Waals surface area contributed by atoms with Crippen molar-refractivity contribution in [1.82, 2.24) is 4.90 Å². The highest BCUT2D eigenvalue weighted by atomic mass is 19.1. The number of rotatable bonds is 2. The molecule has 1 aromatic rings. The summed E-state index contributed by atoms with van der Waals surface area (Å²) in [6.07, 6.45) is 5.04. The molecule has 0 spiro atoms. The number of benzene rings is 1. The molecule has 2 aliphatic heterocycles. The minimum Gasteiger partial charge on any atom is -0.389 e. The van der Waals surface area contributed by atoms with Crippen LogP contribution in [-0.2, 0) is 6.42 Å². The van der Waals surface area contributed by atoms with E-state index in [0.717, 1.165) is 18.9 Å². The van der Waals surface area contributed by atoms with Crippen LogP contribution in [0.3, 0.4) is 0 Å². The predicted octanol–water partition coefficient (Wildman–Crippen LogP) is 2.89. The van der Waals surface area contributed by atoms with Crippen molar-refractivity contribution < 1.29 is 13.9 Å². The van der Waals surface area contributed by atoms with Crippen LogP contribution in [0.5, 0.6) is 0 Å². The van der Waals surface area contributed by atoms with E-state index in [-0.39, 0.29) is 6.42 Å². The Morgan fingerprint density at radius 2 is 1.90 bits per heavy atom. The second-order valence-electron chi connectivity index (χ2n) is 6.45. The van der Waals surface area contributed by atoms with E-state index in [4.69, 9.17) is 0 Å². The number of hydrogen-bond donors (Lipinski definition) is 1. The highest BCUT2D eigenvalue weighted by molar-refractivity contribution is 5.21. The van der Waals surface area contributed by atoms with Crippen LogP contribution in [0.15, 0.2) is 18.2 Å². The van der Waals surface area contributed by atoms with Gasteiger partial charge in [-0.3, -0.25) is 0 Å². The summed E-state index contributed by atoms with van der Waals surface area (Å²) in [5.41, 5.74) is -0.447. The molecule has 2 nitrogen and oxygen atoms in total. The normalized spacial score (nSPS) is 34.2. The van der Waals surface area contributed by atoms with Crippen LogP contribution < -0.4 is 0 Å². The van der Waals surface area contributed by atoms with Crippen molar-refractivity contribution in [3.05, 3.63) is 35.4 Å². The molecule has 0 aliphatic carbocycles. The molecule has 2 saturated heterocycles. The molecule has 2 unspecified atom stereocenters. The van der Waals surface area contributed by atoms with E-state index in [9.17, 15) is 13.9 Å². The molecule has 1 aromatic carbocycles. The van der Waals surface area contributed by atoms with Gasteiger partial charge in [-0.05, 0) is 44.4 Å². The van der Waals surface area contributed by atoms with Crippen molar-refractivity contribution >= 4 is 0 Å². The number of aliphatic hydroxyl groups is 1. The van der Waals surface area contributed by atoms with Gasteiger partial charge in [-0.2, -0.15) is 0 Å². The van der Waals surface area contributed by atoms with Crippen LogP contribution in [0.2, 0.25) is 0 Å². The first kappa shape index (κ1) is 14.0. The van der Waals surface area contributed by atoms with E-state index in [1.54, 1.807) is 0 Å². The highest BCUT2D eigenvalue weighted by Gasteiger charge is 2.44. The molecule has 4 heteroatoms. The molecule has 0 saturated carbocycles. The summed E-state index contributed by atoms with van der Waals surface area (Å²) in [4.78, 5) is 2.36. The zero-order valence-electron chi connectivity index (χ0n) is 11.8. The van der Waals surface area contributed by atoms with Crippen LogP contribution in [-0.4, -0.2) is 34.7 Å². The molecule has 3 rings (SSSR count). The first-order chi connectivity index (χ1) is 9.47. The second-order valence-corrected chi connectivity index (χ2v) is 6.45. The van der Waals surface area contributed by atoms with Gasteiger partial charge >= 0.3 is 0 Å². The van der Waals surface area contributed by atoms with Crippen LogP contribution in [0.4, 0.5) is 8.78 Å². The van der Waals surface area contributed by atoms with Gasteiger partial charge in [-0.1, -0.05) is 12.5 Å². The third-order valence-corrected chi connectivity index (χ3v) is 4.99. The Balaban J connectivity index is 1.79. The van der Waals surface area contributed by atoms with E-state index >= 15 is 0 Å². The Labute approximate surface area is 118 Å². The fraction of sp³-hybridized carbons (Fsp3) is 0.625. The maximum atomic E-state index is 13.8. The van der Waals surface area contributed by atoms with Gasteiger partial charge in [-0.15, -0.1) is 0 Å². The zero-order chi connectivity index (χ0) is 14.3. The first-order valence-electron chi connectivity index (χ1n) is 7.35. The first-order valence-corrected chi connectivity index (χ1v) is 7.35. The number of nitrogens with zero attached hydrogens (tertiary/aromatic N) is 1. The molecular weight excluding hydrogens is 260 g/mol. The minimum atomic E-state index is -0.860. The summed E-state index contributed by atoms with van der Waals surface area (Å²) in [7, 11) is 2.12. The summed E-state index contributed by atoms with van der Waals surface area (Å²) in [6.45, 7) is 0. The topological polar surface area (TPSA) is 23.5 Å². The smallest absolute Gasteiger partial charge is 0.129 e. The van der Waals surface area contributed by atoms with Crippen LogP contribution >= 0.6 is 0 Å². The van der Waals surface area contributed by atoms with Crippen LogP contribution in [0.1, 0.15) is 37.7 Å². The molecule has 0 amide bonds. The average molecular weight is 281 g/mol. The Kier molecular flexibility index (Phi) is 3.55. The number of halogens is 2. The lowest BCUT2D eigenvalue weighted by molar-refractivity contribution is -0.0823. The van der Waals surface area contributed by atoms with Gasteiger partial charge in [0.2, 0.25) is 0 Å². The van der Waals surface area contributed by atoms with Crippen LogP contribution in [0.25, 0.3) is 0 Å². The summed E-state index contributed by atoms with van der Waals surface area (Å²) in [5, 5.41) is 10.9. The Morgan fingerprint density at radius 3 is 2.50 bits per heavy atom. The Bertz CT molecular complexity index is 491. The third kappa shape index (κ3) is 2.59. The molecular formula is C16H21F2NO. The van der Waals surface area contributed by atoms with E-state index in [1.807, 2.05) is 0 Å². The molecule has 2 fully saturated rings. The lowest BCUT2D eigenvalue weighted by Crippen LogP contribution is -2.57. The summed E-state index contributed by atoms with van der Waals surface area (Å²) < 4.78 is 26.7. The van der Waals surface area contributed by atoms with Gasteiger partial charge in [0.25, 0.3) is 0 Å². The summed E-state index contributed by atoms with van der Waals surface area (Å²) in [6, 6.07) is 4.38. The van der Waals surface area contributed by atoms with Gasteiger partial charge in [-0.25, -0.2) is 8.78 Å². The van der Waals surface area contributed by atoms with Gasteiger partial charge in [0.05, 0.1) is 5.60 Å². The van der Waals surface area contributed by atoms with Gasteiger partial charge in [0.15, 0.2) is 0 Å². The maximum Gasteiger partial charge on any atom is 0.129 e. The molecule has 0 aromatic heterocycles. The Hall–Kier alpha value is -1.00. The monoisotopic (exact) mass is 281 g/mol. The van der Waals surface area contributed by atoms with Crippen molar-refractivity contribution in [2.24, 2.45) is 0 Å². The van der Waals surface area contributed by atoms with E-state index < -0.39 is 17.2 Å². The van der Waals surface area contributed by atoms with Crippen molar-refractivity contribution in [2.45, 2.75) is 56.2 Å². The minimum absolute atomic E-state index is 0.278. The molecule has 2 bridgehead atoms. The molecule has 20 heavy (non-hydrogen) atoms. The second kappa shape index (κ2) is 5.08. The fourth-order valence-corrected chi connectivity index (χ4v) is 3.91. The largest absolute Gasteiger partial charge is 0.389 e. The SMILES string of the molecule is CN1C2CCCC1CC(O)(Cc1ccc(F)cc1F)C2.